The lowest BCUT2D eigenvalue weighted by Crippen LogP contribution is -2.26. The van der Waals surface area contributed by atoms with Gasteiger partial charge in [-0.25, -0.2) is 4.79 Å². The molecule has 0 radical (unpaired) electrons. The Labute approximate surface area is 114 Å². The quantitative estimate of drug-likeness (QED) is 0.569. The van der Waals surface area contributed by atoms with Crippen LogP contribution in [-0.4, -0.2) is 31.6 Å². The van der Waals surface area contributed by atoms with Gasteiger partial charge in [-0.05, 0) is 38.5 Å². The van der Waals surface area contributed by atoms with Crippen LogP contribution in [0.4, 0.5) is 0 Å². The van der Waals surface area contributed by atoms with Crippen LogP contribution in [0.5, 0.6) is 0 Å². The van der Waals surface area contributed by atoms with Gasteiger partial charge >= 0.3 is 5.97 Å². The van der Waals surface area contributed by atoms with Crippen molar-refractivity contribution < 1.29 is 19.0 Å². The highest BCUT2D eigenvalue weighted by Crippen LogP contribution is 2.54. The summed E-state index contributed by atoms with van der Waals surface area (Å²) in [6, 6.07) is 0. The Morgan fingerprint density at radius 1 is 1.26 bits per heavy atom. The van der Waals surface area contributed by atoms with E-state index in [1.807, 2.05) is 13.8 Å². The lowest BCUT2D eigenvalue weighted by molar-refractivity contribution is -0.154. The van der Waals surface area contributed by atoms with Gasteiger partial charge in [-0.15, -0.1) is 0 Å². The van der Waals surface area contributed by atoms with Gasteiger partial charge in [0.05, 0.1) is 19.8 Å². The molecule has 1 heterocycles. The second-order valence-corrected chi connectivity index (χ2v) is 5.89. The summed E-state index contributed by atoms with van der Waals surface area (Å²) in [7, 11) is 0. The van der Waals surface area contributed by atoms with Gasteiger partial charge in [0, 0.05) is 18.4 Å². The Bertz CT molecular complexity index is 388. The number of carbonyl (C=O) groups is 1. The first-order valence-electron chi connectivity index (χ1n) is 7.27. The minimum Gasteiger partial charge on any atom is -0.463 e. The molecule has 2 aliphatic carbocycles. The number of hydrogen-bond acceptors (Lipinski definition) is 4. The average molecular weight is 266 g/mol. The number of carbonyl (C=O) groups excluding carboxylic acids is 1. The number of hydrogen-bond donors (Lipinski definition) is 0. The lowest BCUT2D eigenvalue weighted by Gasteiger charge is -2.22. The molecule has 0 aromatic carbocycles. The van der Waals surface area contributed by atoms with E-state index in [2.05, 4.69) is 0 Å². The van der Waals surface area contributed by atoms with Crippen LogP contribution in [0, 0.1) is 11.8 Å². The van der Waals surface area contributed by atoms with E-state index in [0.29, 0.717) is 18.4 Å². The Morgan fingerprint density at radius 2 is 1.84 bits per heavy atom. The van der Waals surface area contributed by atoms with Crippen molar-refractivity contribution in [3.05, 3.63) is 11.1 Å². The number of rotatable bonds is 2. The fourth-order valence-corrected chi connectivity index (χ4v) is 3.83. The van der Waals surface area contributed by atoms with E-state index in [9.17, 15) is 4.79 Å². The number of esters is 1. The van der Waals surface area contributed by atoms with Gasteiger partial charge in [0.15, 0.2) is 5.79 Å². The largest absolute Gasteiger partial charge is 0.463 e. The minimum absolute atomic E-state index is 0.152. The summed E-state index contributed by atoms with van der Waals surface area (Å²) in [6.07, 6.45) is 3.97. The molecular formula is C15H22O4. The Hall–Kier alpha value is -0.870. The van der Waals surface area contributed by atoms with Crippen molar-refractivity contribution in [1.82, 2.24) is 0 Å². The molecule has 4 nitrogen and oxygen atoms in total. The molecule has 0 amide bonds. The van der Waals surface area contributed by atoms with Crippen LogP contribution in [0.1, 0.15) is 39.5 Å². The van der Waals surface area contributed by atoms with Crippen molar-refractivity contribution >= 4 is 5.97 Å². The summed E-state index contributed by atoms with van der Waals surface area (Å²) >= 11 is 0. The van der Waals surface area contributed by atoms with Crippen molar-refractivity contribution in [1.29, 1.82) is 0 Å². The smallest absolute Gasteiger partial charge is 0.333 e. The second-order valence-electron chi connectivity index (χ2n) is 5.89. The highest BCUT2D eigenvalue weighted by Gasteiger charge is 2.52. The molecule has 2 atom stereocenters. The third-order valence-corrected chi connectivity index (χ3v) is 4.76. The maximum Gasteiger partial charge on any atom is 0.333 e. The zero-order valence-electron chi connectivity index (χ0n) is 11.7. The van der Waals surface area contributed by atoms with Crippen LogP contribution >= 0.6 is 0 Å². The monoisotopic (exact) mass is 266 g/mol. The summed E-state index contributed by atoms with van der Waals surface area (Å²) in [5, 5.41) is 0. The van der Waals surface area contributed by atoms with E-state index in [-0.39, 0.29) is 11.8 Å². The Balaban J connectivity index is 1.67. The first-order chi connectivity index (χ1) is 9.13. The standard InChI is InChI=1S/C15H22O4/c1-3-17-14(16)10(2)11-6-12-8-15(9-13(12)7-11)18-4-5-19-15/h12-13H,3-9H2,1-2H3/b11-10-/t12-,13+/m0/s1. The average Bonchev–Trinajstić information content (AvgIpc) is 3.04. The van der Waals surface area contributed by atoms with Gasteiger partial charge in [-0.1, -0.05) is 5.57 Å². The molecule has 1 saturated heterocycles. The second kappa shape index (κ2) is 4.91. The molecule has 0 aromatic rings. The molecule has 0 unspecified atom stereocenters. The molecular weight excluding hydrogens is 244 g/mol. The maximum atomic E-state index is 11.8. The van der Waals surface area contributed by atoms with Gasteiger partial charge in [0.25, 0.3) is 0 Å². The van der Waals surface area contributed by atoms with E-state index in [1.165, 1.54) is 5.57 Å². The van der Waals surface area contributed by atoms with Crippen LogP contribution < -0.4 is 0 Å². The van der Waals surface area contributed by atoms with E-state index in [1.54, 1.807) is 0 Å². The van der Waals surface area contributed by atoms with Gasteiger partial charge in [-0.3, -0.25) is 0 Å². The molecule has 1 spiro atoms. The van der Waals surface area contributed by atoms with Gasteiger partial charge in [0.1, 0.15) is 0 Å². The molecule has 0 aromatic heterocycles. The third-order valence-electron chi connectivity index (χ3n) is 4.76. The highest BCUT2D eigenvalue weighted by molar-refractivity contribution is 5.88. The van der Waals surface area contributed by atoms with Crippen molar-refractivity contribution in [3.63, 3.8) is 0 Å². The van der Waals surface area contributed by atoms with Crippen molar-refractivity contribution in [2.45, 2.75) is 45.3 Å². The van der Waals surface area contributed by atoms with Crippen LogP contribution in [0.3, 0.4) is 0 Å². The van der Waals surface area contributed by atoms with E-state index >= 15 is 0 Å². The molecule has 0 bridgehead atoms. The lowest BCUT2D eigenvalue weighted by atomic mass is 10.0. The number of ether oxygens (including phenoxy) is 3. The number of fused-ring (bicyclic) bond motifs is 1. The van der Waals surface area contributed by atoms with Crippen LogP contribution in [0.15, 0.2) is 11.1 Å². The predicted octanol–water partition coefficient (Wildman–Crippen LogP) is 2.43. The first-order valence-corrected chi connectivity index (χ1v) is 7.27. The molecule has 3 fully saturated rings. The zero-order valence-corrected chi connectivity index (χ0v) is 11.7. The molecule has 1 aliphatic heterocycles. The van der Waals surface area contributed by atoms with E-state index in [4.69, 9.17) is 14.2 Å². The van der Waals surface area contributed by atoms with Crippen LogP contribution in [0.2, 0.25) is 0 Å². The fourth-order valence-electron chi connectivity index (χ4n) is 3.83. The van der Waals surface area contributed by atoms with Crippen molar-refractivity contribution in [2.75, 3.05) is 19.8 Å². The summed E-state index contributed by atoms with van der Waals surface area (Å²) in [5.41, 5.74) is 2.10. The third kappa shape index (κ3) is 2.32. The van der Waals surface area contributed by atoms with Gasteiger partial charge < -0.3 is 14.2 Å². The minimum atomic E-state index is -0.293. The van der Waals surface area contributed by atoms with Gasteiger partial charge in [0.2, 0.25) is 0 Å². The highest BCUT2D eigenvalue weighted by atomic mass is 16.7. The van der Waals surface area contributed by atoms with Crippen molar-refractivity contribution in [2.24, 2.45) is 11.8 Å². The van der Waals surface area contributed by atoms with Crippen LogP contribution in [0.25, 0.3) is 0 Å². The van der Waals surface area contributed by atoms with E-state index in [0.717, 1.165) is 44.5 Å². The summed E-state index contributed by atoms with van der Waals surface area (Å²) in [6.45, 7) is 5.64. The fraction of sp³-hybridized carbons (Fsp3) is 0.800. The van der Waals surface area contributed by atoms with E-state index < -0.39 is 0 Å². The summed E-state index contributed by atoms with van der Waals surface area (Å²) in [5.74, 6) is 0.772. The van der Waals surface area contributed by atoms with Gasteiger partial charge in [-0.2, -0.15) is 0 Å². The molecule has 106 valence electrons. The van der Waals surface area contributed by atoms with Crippen molar-refractivity contribution in [3.8, 4) is 0 Å². The first kappa shape index (κ1) is 13.1. The molecule has 3 rings (SSSR count). The molecule has 4 heteroatoms. The Kier molecular flexibility index (Phi) is 3.39. The normalized spacial score (nSPS) is 34.6. The predicted molar refractivity (Wildman–Crippen MR) is 69.4 cm³/mol. The zero-order chi connectivity index (χ0) is 13.5. The summed E-state index contributed by atoms with van der Waals surface area (Å²) in [4.78, 5) is 11.8. The van der Waals surface area contributed by atoms with Crippen LogP contribution in [-0.2, 0) is 19.0 Å². The SMILES string of the molecule is CCOC(=O)/C(C)=C1\C[C@@H]2CC3(C[C@@H]2C1)OCCO3. The molecule has 19 heavy (non-hydrogen) atoms. The topological polar surface area (TPSA) is 44.8 Å². The Morgan fingerprint density at radius 3 is 2.37 bits per heavy atom. The molecule has 2 saturated carbocycles. The molecule has 3 aliphatic rings. The maximum absolute atomic E-state index is 11.8. The number of allylic oxidation sites excluding steroid dienone is 1. The molecule has 0 N–H and O–H groups in total. The summed E-state index contributed by atoms with van der Waals surface area (Å²) < 4.78 is 16.7.